The van der Waals surface area contributed by atoms with E-state index in [0.717, 1.165) is 28.1 Å². The van der Waals surface area contributed by atoms with Crippen molar-refractivity contribution in [2.75, 3.05) is 19.0 Å². The number of aromatic amines is 1. The van der Waals surface area contributed by atoms with E-state index in [1.165, 1.54) is 11.1 Å². The summed E-state index contributed by atoms with van der Waals surface area (Å²) in [5, 5.41) is 6.87. The molecular formula is C18H17N3O. The number of anilines is 1. The highest BCUT2D eigenvalue weighted by Gasteiger charge is 2.18. The molecule has 0 aliphatic carbocycles. The quantitative estimate of drug-likeness (QED) is 0.782. The molecule has 1 aliphatic heterocycles. The molecule has 4 rings (SSSR count). The Kier molecular flexibility index (Phi) is 2.89. The minimum absolute atomic E-state index is 0.602. The van der Waals surface area contributed by atoms with E-state index in [2.05, 4.69) is 51.5 Å². The average molecular weight is 291 g/mol. The van der Waals surface area contributed by atoms with Crippen molar-refractivity contribution in [3.8, 4) is 28.0 Å². The lowest BCUT2D eigenvalue weighted by molar-refractivity contribution is 0.302. The van der Waals surface area contributed by atoms with E-state index in [0.29, 0.717) is 6.61 Å². The van der Waals surface area contributed by atoms with Gasteiger partial charge in [0.2, 0.25) is 0 Å². The number of hydrogen-bond acceptors (Lipinski definition) is 3. The van der Waals surface area contributed by atoms with Crippen molar-refractivity contribution in [2.45, 2.75) is 6.61 Å². The molecule has 4 nitrogen and oxygen atoms in total. The van der Waals surface area contributed by atoms with Crippen molar-refractivity contribution in [1.82, 2.24) is 10.2 Å². The predicted molar refractivity (Wildman–Crippen MR) is 88.1 cm³/mol. The topological polar surface area (TPSA) is 41.1 Å². The molecule has 4 heteroatoms. The van der Waals surface area contributed by atoms with Crippen LogP contribution < -0.4 is 9.64 Å². The number of ether oxygens (including phenoxy) is 1. The van der Waals surface area contributed by atoms with Crippen LogP contribution in [-0.2, 0) is 6.61 Å². The van der Waals surface area contributed by atoms with E-state index < -0.39 is 0 Å². The summed E-state index contributed by atoms with van der Waals surface area (Å²) in [7, 11) is 4.07. The SMILES string of the molecule is CN(C)c1ccc2c(c1)OCc1cc(-c3cn[nH]c3)ccc1-2. The molecule has 2 aromatic carbocycles. The summed E-state index contributed by atoms with van der Waals surface area (Å²) in [6.45, 7) is 0.602. The molecule has 3 aromatic rings. The van der Waals surface area contributed by atoms with Gasteiger partial charge in [-0.15, -0.1) is 0 Å². The number of rotatable bonds is 2. The molecule has 1 aliphatic rings. The Morgan fingerprint density at radius 1 is 1.05 bits per heavy atom. The maximum atomic E-state index is 5.96. The summed E-state index contributed by atoms with van der Waals surface area (Å²) in [6, 6.07) is 12.9. The van der Waals surface area contributed by atoms with Crippen LogP contribution >= 0.6 is 0 Å². The van der Waals surface area contributed by atoms with Gasteiger partial charge in [-0.1, -0.05) is 12.1 Å². The van der Waals surface area contributed by atoms with Gasteiger partial charge in [-0.05, 0) is 34.9 Å². The molecule has 2 heterocycles. The largest absolute Gasteiger partial charge is 0.488 e. The van der Waals surface area contributed by atoms with Crippen molar-refractivity contribution >= 4 is 5.69 Å². The van der Waals surface area contributed by atoms with E-state index in [9.17, 15) is 0 Å². The highest BCUT2D eigenvalue weighted by molar-refractivity contribution is 5.80. The van der Waals surface area contributed by atoms with Crippen LogP contribution in [0.25, 0.3) is 22.3 Å². The van der Waals surface area contributed by atoms with Gasteiger partial charge in [0.1, 0.15) is 12.4 Å². The Morgan fingerprint density at radius 3 is 2.68 bits per heavy atom. The van der Waals surface area contributed by atoms with Crippen molar-refractivity contribution < 1.29 is 4.74 Å². The molecule has 0 bridgehead atoms. The third-order valence-electron chi connectivity index (χ3n) is 4.09. The number of fused-ring (bicyclic) bond motifs is 3. The lowest BCUT2D eigenvalue weighted by Crippen LogP contribution is -2.10. The van der Waals surface area contributed by atoms with Gasteiger partial charge in [-0.25, -0.2) is 0 Å². The zero-order valence-corrected chi connectivity index (χ0v) is 12.6. The van der Waals surface area contributed by atoms with Crippen LogP contribution in [0.2, 0.25) is 0 Å². The number of benzene rings is 2. The van der Waals surface area contributed by atoms with E-state index in [-0.39, 0.29) is 0 Å². The molecule has 0 saturated carbocycles. The van der Waals surface area contributed by atoms with Gasteiger partial charge in [0.15, 0.2) is 0 Å². The van der Waals surface area contributed by atoms with Gasteiger partial charge >= 0.3 is 0 Å². The second-order valence-electron chi connectivity index (χ2n) is 5.72. The third-order valence-corrected chi connectivity index (χ3v) is 4.09. The molecule has 0 fully saturated rings. The first-order valence-corrected chi connectivity index (χ1v) is 7.29. The number of H-pyrrole nitrogens is 1. The molecule has 0 spiro atoms. The molecule has 0 amide bonds. The van der Waals surface area contributed by atoms with Gasteiger partial charge in [0.25, 0.3) is 0 Å². The highest BCUT2D eigenvalue weighted by Crippen LogP contribution is 2.40. The molecule has 1 aromatic heterocycles. The second kappa shape index (κ2) is 4.91. The van der Waals surface area contributed by atoms with Gasteiger partial charge in [0.05, 0.1) is 6.20 Å². The van der Waals surface area contributed by atoms with E-state index in [1.54, 1.807) is 0 Å². The summed E-state index contributed by atoms with van der Waals surface area (Å²) in [5.41, 5.74) is 7.02. The molecule has 0 unspecified atom stereocenters. The molecule has 0 radical (unpaired) electrons. The number of hydrogen-bond donors (Lipinski definition) is 1. The van der Waals surface area contributed by atoms with Crippen molar-refractivity contribution in [3.63, 3.8) is 0 Å². The first-order chi connectivity index (χ1) is 10.7. The fraction of sp³-hybridized carbons (Fsp3) is 0.167. The Hall–Kier alpha value is -2.75. The first kappa shape index (κ1) is 13.0. The summed E-state index contributed by atoms with van der Waals surface area (Å²) in [6.07, 6.45) is 3.74. The average Bonchev–Trinajstić information content (AvgIpc) is 3.08. The van der Waals surface area contributed by atoms with Crippen LogP contribution in [-0.4, -0.2) is 24.3 Å². The van der Waals surface area contributed by atoms with Crippen molar-refractivity contribution in [3.05, 3.63) is 54.4 Å². The monoisotopic (exact) mass is 291 g/mol. The number of nitrogens with zero attached hydrogens (tertiary/aromatic N) is 2. The fourth-order valence-corrected chi connectivity index (χ4v) is 2.85. The second-order valence-corrected chi connectivity index (χ2v) is 5.72. The maximum Gasteiger partial charge on any atom is 0.129 e. The third kappa shape index (κ3) is 2.04. The molecule has 0 saturated heterocycles. The Morgan fingerprint density at radius 2 is 1.91 bits per heavy atom. The summed E-state index contributed by atoms with van der Waals surface area (Å²) >= 11 is 0. The smallest absolute Gasteiger partial charge is 0.129 e. The first-order valence-electron chi connectivity index (χ1n) is 7.29. The Balaban J connectivity index is 1.79. The number of aromatic nitrogens is 2. The van der Waals surface area contributed by atoms with Crippen LogP contribution in [0.1, 0.15) is 5.56 Å². The minimum atomic E-state index is 0.602. The van der Waals surface area contributed by atoms with Crippen LogP contribution in [0.4, 0.5) is 5.69 Å². The van der Waals surface area contributed by atoms with Crippen LogP contribution in [0.15, 0.2) is 48.8 Å². The molecular weight excluding hydrogens is 274 g/mol. The zero-order chi connectivity index (χ0) is 15.1. The summed E-state index contributed by atoms with van der Waals surface area (Å²) in [4.78, 5) is 2.08. The molecule has 22 heavy (non-hydrogen) atoms. The summed E-state index contributed by atoms with van der Waals surface area (Å²) < 4.78 is 5.96. The van der Waals surface area contributed by atoms with Gasteiger partial charge < -0.3 is 9.64 Å². The lowest BCUT2D eigenvalue weighted by Gasteiger charge is -2.23. The zero-order valence-electron chi connectivity index (χ0n) is 12.6. The Labute approximate surface area is 129 Å². The van der Waals surface area contributed by atoms with Crippen LogP contribution in [0.3, 0.4) is 0 Å². The normalized spacial score (nSPS) is 12.3. The van der Waals surface area contributed by atoms with Crippen LogP contribution in [0.5, 0.6) is 5.75 Å². The standard InChI is InChI=1S/C18H17N3O/c1-21(2)15-4-6-17-16-5-3-12(14-9-19-20-10-14)7-13(16)11-22-18(17)8-15/h3-10H,11H2,1-2H3,(H,19,20). The van der Waals surface area contributed by atoms with Crippen LogP contribution in [0, 0.1) is 0 Å². The van der Waals surface area contributed by atoms with Gasteiger partial charge in [-0.2, -0.15) is 5.10 Å². The van der Waals surface area contributed by atoms with E-state index in [1.807, 2.05) is 26.5 Å². The minimum Gasteiger partial charge on any atom is -0.488 e. The Bertz CT molecular complexity index is 822. The van der Waals surface area contributed by atoms with Gasteiger partial charge in [-0.3, -0.25) is 5.10 Å². The van der Waals surface area contributed by atoms with Gasteiger partial charge in [0, 0.05) is 43.2 Å². The number of nitrogens with one attached hydrogen (secondary N) is 1. The van der Waals surface area contributed by atoms with Crippen molar-refractivity contribution in [2.24, 2.45) is 0 Å². The lowest BCUT2D eigenvalue weighted by atomic mass is 9.94. The van der Waals surface area contributed by atoms with E-state index >= 15 is 0 Å². The molecule has 0 atom stereocenters. The molecule has 110 valence electrons. The maximum absolute atomic E-state index is 5.96. The highest BCUT2D eigenvalue weighted by atomic mass is 16.5. The molecule has 1 N–H and O–H groups in total. The van der Waals surface area contributed by atoms with E-state index in [4.69, 9.17) is 4.74 Å². The summed E-state index contributed by atoms with van der Waals surface area (Å²) in [5.74, 6) is 0.953. The van der Waals surface area contributed by atoms with Crippen molar-refractivity contribution in [1.29, 1.82) is 0 Å². The predicted octanol–water partition coefficient (Wildman–Crippen LogP) is 3.70. The fourth-order valence-electron chi connectivity index (χ4n) is 2.85.